The Kier molecular flexibility index (Phi) is 5.10. The van der Waals surface area contributed by atoms with Crippen molar-refractivity contribution in [1.29, 1.82) is 0 Å². The van der Waals surface area contributed by atoms with Crippen molar-refractivity contribution in [2.75, 3.05) is 0 Å². The maximum atomic E-state index is 11.7. The molecule has 2 aromatic rings. The van der Waals surface area contributed by atoms with Gasteiger partial charge in [0.25, 0.3) is 0 Å². The third-order valence-electron chi connectivity index (χ3n) is 2.75. The molecular formula is C15H17O4P. The molecule has 1 unspecified atom stereocenters. The van der Waals surface area contributed by atoms with Crippen LogP contribution in [0.4, 0.5) is 0 Å². The minimum atomic E-state index is -4.04. The van der Waals surface area contributed by atoms with Gasteiger partial charge in [-0.3, -0.25) is 9.05 Å². The van der Waals surface area contributed by atoms with Crippen molar-refractivity contribution in [2.45, 2.75) is 20.1 Å². The molecular weight excluding hydrogens is 275 g/mol. The summed E-state index contributed by atoms with van der Waals surface area (Å²) in [6, 6.07) is 16.7. The molecule has 0 spiro atoms. The van der Waals surface area contributed by atoms with Crippen LogP contribution in [0.5, 0.6) is 0 Å². The molecule has 106 valence electrons. The molecule has 1 atom stereocenters. The number of hydrogen-bond acceptors (Lipinski definition) is 3. The van der Waals surface area contributed by atoms with Crippen LogP contribution in [-0.4, -0.2) is 4.89 Å². The van der Waals surface area contributed by atoms with Crippen molar-refractivity contribution >= 4 is 7.82 Å². The minimum Gasteiger partial charge on any atom is -0.302 e. The Hall–Kier alpha value is -1.45. The van der Waals surface area contributed by atoms with Crippen LogP contribution in [0.3, 0.4) is 0 Å². The summed E-state index contributed by atoms with van der Waals surface area (Å²) >= 11 is 0. The predicted molar refractivity (Wildman–Crippen MR) is 77.0 cm³/mol. The molecule has 0 aliphatic carbocycles. The zero-order chi connectivity index (χ0) is 14.4. The van der Waals surface area contributed by atoms with Crippen molar-refractivity contribution in [3.05, 3.63) is 71.3 Å². The second-order valence-corrected chi connectivity index (χ2v) is 5.94. The standard InChI is InChI=1S/C15H17O4P/c1-13-7-9-15(10-8-13)12-19-20(16,17)18-11-14-5-3-2-4-6-14/h2-10H,11-12H2,1H3,(H,16,17). The zero-order valence-corrected chi connectivity index (χ0v) is 12.1. The molecule has 20 heavy (non-hydrogen) atoms. The summed E-state index contributed by atoms with van der Waals surface area (Å²) in [7, 11) is -4.04. The number of aryl methyl sites for hydroxylation is 1. The average molecular weight is 292 g/mol. The largest absolute Gasteiger partial charge is 0.472 e. The van der Waals surface area contributed by atoms with Gasteiger partial charge in [0.15, 0.2) is 0 Å². The van der Waals surface area contributed by atoms with Crippen LogP contribution in [0.1, 0.15) is 16.7 Å². The second kappa shape index (κ2) is 6.82. The molecule has 0 aromatic heterocycles. The quantitative estimate of drug-likeness (QED) is 0.822. The van der Waals surface area contributed by atoms with E-state index in [-0.39, 0.29) is 13.2 Å². The van der Waals surface area contributed by atoms with Crippen molar-refractivity contribution in [3.63, 3.8) is 0 Å². The lowest BCUT2D eigenvalue weighted by Crippen LogP contribution is -1.96. The topological polar surface area (TPSA) is 55.8 Å². The molecule has 4 nitrogen and oxygen atoms in total. The van der Waals surface area contributed by atoms with Crippen LogP contribution >= 0.6 is 7.82 Å². The number of phosphoric acid groups is 1. The van der Waals surface area contributed by atoms with Gasteiger partial charge in [0.05, 0.1) is 13.2 Å². The molecule has 2 aromatic carbocycles. The summed E-state index contributed by atoms with van der Waals surface area (Å²) in [5.74, 6) is 0. The highest BCUT2D eigenvalue weighted by Crippen LogP contribution is 2.44. The van der Waals surface area contributed by atoms with E-state index in [0.29, 0.717) is 0 Å². The predicted octanol–water partition coefficient (Wildman–Crippen LogP) is 3.83. The summed E-state index contributed by atoms with van der Waals surface area (Å²) < 4.78 is 21.7. The van der Waals surface area contributed by atoms with E-state index in [1.807, 2.05) is 61.5 Å². The van der Waals surface area contributed by atoms with Crippen molar-refractivity contribution < 1.29 is 18.5 Å². The molecule has 0 aliphatic heterocycles. The normalized spacial score (nSPS) is 13.9. The van der Waals surface area contributed by atoms with Gasteiger partial charge in [0, 0.05) is 0 Å². The van der Waals surface area contributed by atoms with Crippen LogP contribution in [0.25, 0.3) is 0 Å². The summed E-state index contributed by atoms with van der Waals surface area (Å²) in [4.78, 5) is 9.60. The van der Waals surface area contributed by atoms with Crippen molar-refractivity contribution in [3.8, 4) is 0 Å². The number of hydrogen-bond donors (Lipinski definition) is 1. The fourth-order valence-corrected chi connectivity index (χ4v) is 2.31. The fourth-order valence-electron chi connectivity index (χ4n) is 1.61. The van der Waals surface area contributed by atoms with E-state index in [4.69, 9.17) is 9.05 Å². The molecule has 0 fully saturated rings. The number of phosphoric ester groups is 1. The maximum Gasteiger partial charge on any atom is 0.472 e. The summed E-state index contributed by atoms with van der Waals surface area (Å²) in [6.45, 7) is 2.07. The first kappa shape index (κ1) is 14.9. The smallest absolute Gasteiger partial charge is 0.302 e. The van der Waals surface area contributed by atoms with E-state index in [1.54, 1.807) is 0 Å². The van der Waals surface area contributed by atoms with Crippen LogP contribution in [-0.2, 0) is 26.8 Å². The van der Waals surface area contributed by atoms with Crippen LogP contribution in [0, 0.1) is 6.92 Å². The third-order valence-corrected chi connectivity index (χ3v) is 3.66. The lowest BCUT2D eigenvalue weighted by Gasteiger charge is -2.12. The molecule has 0 radical (unpaired) electrons. The van der Waals surface area contributed by atoms with Gasteiger partial charge in [-0.2, -0.15) is 0 Å². The van der Waals surface area contributed by atoms with Crippen LogP contribution < -0.4 is 0 Å². The third kappa shape index (κ3) is 4.91. The second-order valence-electron chi connectivity index (χ2n) is 4.49. The molecule has 0 aliphatic rings. The summed E-state index contributed by atoms with van der Waals surface area (Å²) in [5.41, 5.74) is 2.77. The maximum absolute atomic E-state index is 11.7. The van der Waals surface area contributed by atoms with E-state index in [1.165, 1.54) is 0 Å². The molecule has 0 saturated heterocycles. The first-order valence-corrected chi connectivity index (χ1v) is 7.76. The number of benzene rings is 2. The number of rotatable bonds is 6. The summed E-state index contributed by atoms with van der Waals surface area (Å²) in [6.07, 6.45) is 0. The highest BCUT2D eigenvalue weighted by molar-refractivity contribution is 7.47. The Bertz CT molecular complexity index is 581. The summed E-state index contributed by atoms with van der Waals surface area (Å²) in [5, 5.41) is 0. The molecule has 0 heterocycles. The van der Waals surface area contributed by atoms with E-state index in [0.717, 1.165) is 16.7 Å². The van der Waals surface area contributed by atoms with E-state index in [2.05, 4.69) is 0 Å². The Balaban J connectivity index is 1.84. The monoisotopic (exact) mass is 292 g/mol. The lowest BCUT2D eigenvalue weighted by molar-refractivity contribution is 0.137. The fraction of sp³-hybridized carbons (Fsp3) is 0.200. The Morgan fingerprint density at radius 2 is 1.40 bits per heavy atom. The Morgan fingerprint density at radius 1 is 0.900 bits per heavy atom. The van der Waals surface area contributed by atoms with Gasteiger partial charge in [-0.25, -0.2) is 4.57 Å². The lowest BCUT2D eigenvalue weighted by atomic mass is 10.2. The molecule has 0 bridgehead atoms. The van der Waals surface area contributed by atoms with Gasteiger partial charge in [-0.15, -0.1) is 0 Å². The van der Waals surface area contributed by atoms with Crippen LogP contribution in [0.15, 0.2) is 54.6 Å². The van der Waals surface area contributed by atoms with Crippen molar-refractivity contribution in [2.24, 2.45) is 0 Å². The van der Waals surface area contributed by atoms with Gasteiger partial charge in [0.1, 0.15) is 0 Å². The Morgan fingerprint density at radius 3 is 1.95 bits per heavy atom. The van der Waals surface area contributed by atoms with Gasteiger partial charge < -0.3 is 4.89 Å². The zero-order valence-electron chi connectivity index (χ0n) is 11.2. The molecule has 2 rings (SSSR count). The first-order chi connectivity index (χ1) is 9.55. The van der Waals surface area contributed by atoms with Gasteiger partial charge in [0.2, 0.25) is 0 Å². The first-order valence-electron chi connectivity index (χ1n) is 6.26. The van der Waals surface area contributed by atoms with Crippen LogP contribution in [0.2, 0.25) is 0 Å². The van der Waals surface area contributed by atoms with Gasteiger partial charge >= 0.3 is 7.82 Å². The SMILES string of the molecule is Cc1ccc(COP(=O)(O)OCc2ccccc2)cc1. The highest BCUT2D eigenvalue weighted by Gasteiger charge is 2.20. The minimum absolute atomic E-state index is 0.0442. The van der Waals surface area contributed by atoms with Gasteiger partial charge in [-0.05, 0) is 18.1 Å². The molecule has 5 heteroatoms. The molecule has 1 N–H and O–H groups in total. The Labute approximate surface area is 118 Å². The van der Waals surface area contributed by atoms with E-state index in [9.17, 15) is 9.46 Å². The van der Waals surface area contributed by atoms with Crippen molar-refractivity contribution in [1.82, 2.24) is 0 Å². The average Bonchev–Trinajstić information content (AvgIpc) is 2.46. The van der Waals surface area contributed by atoms with E-state index < -0.39 is 7.82 Å². The molecule has 0 saturated carbocycles. The highest BCUT2D eigenvalue weighted by atomic mass is 31.2. The van der Waals surface area contributed by atoms with E-state index >= 15 is 0 Å². The molecule has 0 amide bonds. The van der Waals surface area contributed by atoms with Gasteiger partial charge in [-0.1, -0.05) is 60.2 Å².